The molecule has 0 N–H and O–H groups in total. The van der Waals surface area contributed by atoms with Gasteiger partial charge in [-0.15, -0.1) is 0 Å². The van der Waals surface area contributed by atoms with E-state index in [2.05, 4.69) is 17.1 Å². The summed E-state index contributed by atoms with van der Waals surface area (Å²) < 4.78 is 7.21. The molecular weight excluding hydrogens is 320 g/mol. The minimum Gasteiger partial charge on any atom is -0.497 e. The lowest BCUT2D eigenvalue weighted by molar-refractivity contribution is -0.116. The Morgan fingerprint density at radius 2 is 1.71 bits per heavy atom. The van der Waals surface area contributed by atoms with Gasteiger partial charge in [0, 0.05) is 14.0 Å². The fraction of sp³-hybridized carbons (Fsp3) is 0.158. The van der Waals surface area contributed by atoms with Crippen molar-refractivity contribution in [3.63, 3.8) is 0 Å². The van der Waals surface area contributed by atoms with Gasteiger partial charge in [0.15, 0.2) is 4.80 Å². The quantitative estimate of drug-likeness (QED) is 0.727. The number of aromatic nitrogens is 1. The number of amides is 1. The average molecular weight is 338 g/mol. The van der Waals surface area contributed by atoms with Crippen molar-refractivity contribution in [2.75, 3.05) is 7.11 Å². The highest BCUT2D eigenvalue weighted by molar-refractivity contribution is 7.13. The number of hydrogen-bond donors (Lipinski definition) is 0. The molecule has 122 valence electrons. The minimum atomic E-state index is -0.201. The number of benzene rings is 2. The molecule has 0 saturated heterocycles. The summed E-state index contributed by atoms with van der Waals surface area (Å²) in [7, 11) is 3.59. The zero-order valence-electron chi connectivity index (χ0n) is 13.8. The summed E-state index contributed by atoms with van der Waals surface area (Å²) in [5.41, 5.74) is 3.20. The van der Waals surface area contributed by atoms with Gasteiger partial charge in [-0.1, -0.05) is 41.7 Å². The Labute approximate surface area is 144 Å². The molecule has 1 amide bonds. The van der Waals surface area contributed by atoms with Crippen LogP contribution in [0, 0.1) is 0 Å². The van der Waals surface area contributed by atoms with Crippen molar-refractivity contribution < 1.29 is 9.53 Å². The summed E-state index contributed by atoms with van der Waals surface area (Å²) in [6, 6.07) is 18.0. The number of thiazole rings is 1. The number of methoxy groups -OCH3 is 1. The number of nitrogens with zero attached hydrogens (tertiary/aromatic N) is 2. The van der Waals surface area contributed by atoms with Gasteiger partial charge in [0.1, 0.15) is 5.75 Å². The van der Waals surface area contributed by atoms with E-state index < -0.39 is 0 Å². The van der Waals surface area contributed by atoms with Gasteiger partial charge >= 0.3 is 0 Å². The number of rotatable bonds is 3. The molecule has 0 radical (unpaired) electrons. The standard InChI is InChI=1S/C19H18N2O2S/c1-13(22)20-19-21(2)17(14-9-11-16(23-3)12-10-14)18(24-19)15-7-5-4-6-8-15/h4-12H,1-3H3. The molecule has 5 heteroatoms. The van der Waals surface area contributed by atoms with Crippen molar-refractivity contribution in [2.24, 2.45) is 12.0 Å². The van der Waals surface area contributed by atoms with Crippen LogP contribution in [0.1, 0.15) is 6.92 Å². The minimum absolute atomic E-state index is 0.201. The molecule has 1 aromatic heterocycles. The van der Waals surface area contributed by atoms with Crippen LogP contribution >= 0.6 is 11.3 Å². The normalized spacial score (nSPS) is 11.5. The largest absolute Gasteiger partial charge is 0.497 e. The fourth-order valence-electron chi connectivity index (χ4n) is 2.55. The summed E-state index contributed by atoms with van der Waals surface area (Å²) in [5, 5.41) is 0. The Kier molecular flexibility index (Phi) is 4.62. The molecule has 0 fully saturated rings. The van der Waals surface area contributed by atoms with Gasteiger partial charge in [0.25, 0.3) is 0 Å². The van der Waals surface area contributed by atoms with E-state index in [1.54, 1.807) is 7.11 Å². The van der Waals surface area contributed by atoms with Crippen LogP contribution in [0.2, 0.25) is 0 Å². The maximum absolute atomic E-state index is 11.5. The summed E-state index contributed by atoms with van der Waals surface area (Å²) in [5.74, 6) is 0.610. The Hall–Kier alpha value is -2.66. The first-order valence-corrected chi connectivity index (χ1v) is 8.36. The van der Waals surface area contributed by atoms with Crippen LogP contribution in [0.3, 0.4) is 0 Å². The van der Waals surface area contributed by atoms with Crippen molar-refractivity contribution >= 4 is 17.2 Å². The summed E-state index contributed by atoms with van der Waals surface area (Å²) in [6.45, 7) is 1.47. The highest BCUT2D eigenvalue weighted by Crippen LogP contribution is 2.34. The van der Waals surface area contributed by atoms with Crippen LogP contribution in [0.15, 0.2) is 59.6 Å². The Balaban J connectivity index is 2.26. The van der Waals surface area contributed by atoms with Gasteiger partial charge in [-0.3, -0.25) is 4.79 Å². The van der Waals surface area contributed by atoms with Gasteiger partial charge in [-0.05, 0) is 35.4 Å². The van der Waals surface area contributed by atoms with E-state index >= 15 is 0 Å². The lowest BCUT2D eigenvalue weighted by Crippen LogP contribution is -2.13. The maximum Gasteiger partial charge on any atom is 0.245 e. The van der Waals surface area contributed by atoms with E-state index in [1.165, 1.54) is 18.3 Å². The number of carbonyl (C=O) groups is 1. The SMILES string of the molecule is COc1ccc(-c2c(-c3ccccc3)sc(=NC(C)=O)n2C)cc1. The third kappa shape index (κ3) is 3.16. The molecule has 0 saturated carbocycles. The first-order valence-electron chi connectivity index (χ1n) is 7.55. The van der Waals surface area contributed by atoms with Crippen LogP contribution in [0.25, 0.3) is 21.7 Å². The molecule has 3 rings (SSSR count). The zero-order chi connectivity index (χ0) is 17.1. The van der Waals surface area contributed by atoms with E-state index in [0.717, 1.165) is 27.4 Å². The molecule has 4 nitrogen and oxygen atoms in total. The topological polar surface area (TPSA) is 43.6 Å². The number of hydrogen-bond acceptors (Lipinski definition) is 3. The van der Waals surface area contributed by atoms with Crippen molar-refractivity contribution in [3.05, 3.63) is 59.4 Å². The molecule has 3 aromatic rings. The van der Waals surface area contributed by atoms with E-state index in [0.29, 0.717) is 4.80 Å². The molecule has 0 spiro atoms. The van der Waals surface area contributed by atoms with Crippen molar-refractivity contribution in [2.45, 2.75) is 6.92 Å². The second-order valence-electron chi connectivity index (χ2n) is 5.35. The van der Waals surface area contributed by atoms with Crippen molar-refractivity contribution in [1.29, 1.82) is 0 Å². The predicted molar refractivity (Wildman–Crippen MR) is 97.0 cm³/mol. The first-order chi connectivity index (χ1) is 11.6. The van der Waals surface area contributed by atoms with Crippen LogP contribution in [-0.4, -0.2) is 17.6 Å². The molecule has 1 heterocycles. The van der Waals surface area contributed by atoms with Gasteiger partial charge in [-0.2, -0.15) is 4.99 Å². The van der Waals surface area contributed by atoms with E-state index in [1.807, 2.05) is 54.1 Å². The van der Waals surface area contributed by atoms with E-state index in [9.17, 15) is 4.79 Å². The third-order valence-corrected chi connectivity index (χ3v) is 4.86. The lowest BCUT2D eigenvalue weighted by atomic mass is 10.1. The Morgan fingerprint density at radius 3 is 2.29 bits per heavy atom. The molecule has 2 aromatic carbocycles. The van der Waals surface area contributed by atoms with Crippen molar-refractivity contribution in [1.82, 2.24) is 4.57 Å². The third-order valence-electron chi connectivity index (χ3n) is 3.68. The van der Waals surface area contributed by atoms with Crippen LogP contribution in [0.5, 0.6) is 5.75 Å². The monoisotopic (exact) mass is 338 g/mol. The number of ether oxygens (including phenoxy) is 1. The van der Waals surface area contributed by atoms with Crippen molar-refractivity contribution in [3.8, 4) is 27.4 Å². The second-order valence-corrected chi connectivity index (χ2v) is 6.32. The smallest absolute Gasteiger partial charge is 0.245 e. The maximum atomic E-state index is 11.5. The zero-order valence-corrected chi connectivity index (χ0v) is 14.6. The lowest BCUT2D eigenvalue weighted by Gasteiger charge is -2.08. The molecule has 0 aliphatic heterocycles. The first kappa shape index (κ1) is 16.2. The molecule has 0 aliphatic rings. The van der Waals surface area contributed by atoms with Crippen LogP contribution < -0.4 is 9.54 Å². The molecule has 0 unspecified atom stereocenters. The molecule has 0 bridgehead atoms. The second kappa shape index (κ2) is 6.84. The molecular formula is C19H18N2O2S. The van der Waals surface area contributed by atoms with Crippen LogP contribution in [0.4, 0.5) is 0 Å². The van der Waals surface area contributed by atoms with E-state index in [4.69, 9.17) is 4.74 Å². The molecule has 24 heavy (non-hydrogen) atoms. The number of carbonyl (C=O) groups excluding carboxylic acids is 1. The molecule has 0 atom stereocenters. The Bertz CT molecular complexity index is 922. The predicted octanol–water partition coefficient (Wildman–Crippen LogP) is 3.88. The van der Waals surface area contributed by atoms with Gasteiger partial charge < -0.3 is 9.30 Å². The summed E-state index contributed by atoms with van der Waals surface area (Å²) >= 11 is 1.52. The highest BCUT2D eigenvalue weighted by Gasteiger charge is 2.15. The van der Waals surface area contributed by atoms with Gasteiger partial charge in [0.2, 0.25) is 5.91 Å². The van der Waals surface area contributed by atoms with Crippen LogP contribution in [-0.2, 0) is 11.8 Å². The van der Waals surface area contributed by atoms with Gasteiger partial charge in [0.05, 0.1) is 17.7 Å². The van der Waals surface area contributed by atoms with E-state index in [-0.39, 0.29) is 5.91 Å². The van der Waals surface area contributed by atoms with Gasteiger partial charge in [-0.25, -0.2) is 0 Å². The highest BCUT2D eigenvalue weighted by atomic mass is 32.1. The summed E-state index contributed by atoms with van der Waals surface area (Å²) in [4.78, 5) is 17.4. The fourth-order valence-corrected chi connectivity index (χ4v) is 3.74. The molecule has 0 aliphatic carbocycles. The average Bonchev–Trinajstić information content (AvgIpc) is 2.92. The Morgan fingerprint density at radius 1 is 1.04 bits per heavy atom. The summed E-state index contributed by atoms with van der Waals surface area (Å²) in [6.07, 6.45) is 0.